The van der Waals surface area contributed by atoms with Crippen LogP contribution in [0.15, 0.2) is 23.3 Å². The quantitative estimate of drug-likeness (QED) is 0.257. The van der Waals surface area contributed by atoms with Gasteiger partial charge in [0.25, 0.3) is 0 Å². The maximum atomic E-state index is 8.51. The Morgan fingerprint density at radius 3 is 3.00 bits per heavy atom. The van der Waals surface area contributed by atoms with Crippen LogP contribution in [0.2, 0.25) is 0 Å². The molecule has 0 saturated heterocycles. The van der Waals surface area contributed by atoms with Crippen LogP contribution in [0.5, 0.6) is 0 Å². The normalized spacial score (nSPS) is 11.3. The summed E-state index contributed by atoms with van der Waals surface area (Å²) in [5.41, 5.74) is 2.37. The highest BCUT2D eigenvalue weighted by atomic mass is 32.2. The van der Waals surface area contributed by atoms with Crippen molar-refractivity contribution in [1.82, 2.24) is 20.5 Å². The van der Waals surface area contributed by atoms with Crippen LogP contribution < -0.4 is 10.6 Å². The lowest BCUT2D eigenvalue weighted by Gasteiger charge is -2.10. The molecular weight excluding hydrogens is 284 g/mol. The number of hydrogen-bond donors (Lipinski definition) is 2. The van der Waals surface area contributed by atoms with Crippen molar-refractivity contribution in [2.75, 3.05) is 33.4 Å². The summed E-state index contributed by atoms with van der Waals surface area (Å²) >= 11 is 1.78. The molecule has 0 aliphatic heterocycles. The molecule has 1 rings (SSSR count). The minimum Gasteiger partial charge on any atom is -0.359 e. The summed E-state index contributed by atoms with van der Waals surface area (Å²) in [6.07, 6.45) is 3.71. The Hall–Kier alpha value is -1.78. The number of nitrogens with zero attached hydrogens (tertiary/aromatic N) is 4. The molecule has 0 aliphatic carbocycles. The van der Waals surface area contributed by atoms with Crippen LogP contribution in [-0.4, -0.2) is 49.3 Å². The largest absolute Gasteiger partial charge is 0.359 e. The smallest absolute Gasteiger partial charge is 0.204 e. The summed E-state index contributed by atoms with van der Waals surface area (Å²) < 4.78 is 0. The second kappa shape index (κ2) is 10.0. The molecule has 21 heavy (non-hydrogen) atoms. The van der Waals surface area contributed by atoms with Crippen molar-refractivity contribution in [3.05, 3.63) is 29.6 Å². The Kier molecular flexibility index (Phi) is 8.24. The average Bonchev–Trinajstić information content (AvgIpc) is 2.45. The Morgan fingerprint density at radius 2 is 2.33 bits per heavy atom. The van der Waals surface area contributed by atoms with Crippen LogP contribution in [0.1, 0.15) is 11.3 Å². The first-order chi connectivity index (χ1) is 10.2. The number of guanidine groups is 1. The molecule has 0 saturated carbocycles. The van der Waals surface area contributed by atoms with Crippen LogP contribution in [0, 0.1) is 11.5 Å². The Morgan fingerprint density at radius 1 is 1.52 bits per heavy atom. The van der Waals surface area contributed by atoms with Crippen LogP contribution in [0.4, 0.5) is 0 Å². The molecule has 1 aromatic heterocycles. The molecule has 0 atom stereocenters. The van der Waals surface area contributed by atoms with Gasteiger partial charge in [0.1, 0.15) is 0 Å². The van der Waals surface area contributed by atoms with Crippen molar-refractivity contribution in [1.29, 1.82) is 5.26 Å². The number of nitrogens with one attached hydrogen (secondary N) is 2. The highest BCUT2D eigenvalue weighted by Crippen LogP contribution is 2.12. The van der Waals surface area contributed by atoms with E-state index in [1.165, 1.54) is 5.56 Å². The Balaban J connectivity index is 2.34. The molecule has 2 N–H and O–H groups in total. The number of nitriles is 1. The van der Waals surface area contributed by atoms with E-state index >= 15 is 0 Å². The number of hydrogen-bond acceptors (Lipinski definition) is 5. The van der Waals surface area contributed by atoms with Gasteiger partial charge in [0.2, 0.25) is 5.96 Å². The SMILES string of the molecule is CN/C(=N/CCSCc1cc(CN(C)C)ccn1)NC#N. The first-order valence-electron chi connectivity index (χ1n) is 6.69. The van der Waals surface area contributed by atoms with E-state index in [1.54, 1.807) is 18.8 Å². The molecule has 0 radical (unpaired) electrons. The predicted molar refractivity (Wildman–Crippen MR) is 87.9 cm³/mol. The van der Waals surface area contributed by atoms with Gasteiger partial charge in [0, 0.05) is 31.3 Å². The number of aliphatic imine (C=N–C) groups is 1. The average molecular weight is 306 g/mol. The van der Waals surface area contributed by atoms with E-state index in [0.717, 1.165) is 23.7 Å². The predicted octanol–water partition coefficient (Wildman–Crippen LogP) is 1.02. The number of rotatable bonds is 7. The fourth-order valence-corrected chi connectivity index (χ4v) is 2.44. The molecule has 114 valence electrons. The molecule has 1 heterocycles. The van der Waals surface area contributed by atoms with E-state index < -0.39 is 0 Å². The van der Waals surface area contributed by atoms with Gasteiger partial charge < -0.3 is 10.2 Å². The lowest BCUT2D eigenvalue weighted by molar-refractivity contribution is 0.402. The molecule has 0 bridgehead atoms. The zero-order valence-corrected chi connectivity index (χ0v) is 13.6. The molecule has 6 nitrogen and oxygen atoms in total. The molecule has 0 unspecified atom stereocenters. The summed E-state index contributed by atoms with van der Waals surface area (Å²) in [7, 11) is 5.85. The highest BCUT2D eigenvalue weighted by Gasteiger charge is 2.00. The van der Waals surface area contributed by atoms with Gasteiger partial charge in [-0.25, -0.2) is 0 Å². The fourth-order valence-electron chi connectivity index (χ4n) is 1.70. The van der Waals surface area contributed by atoms with E-state index in [4.69, 9.17) is 5.26 Å². The molecule has 0 fully saturated rings. The van der Waals surface area contributed by atoms with Gasteiger partial charge in [-0.3, -0.25) is 15.3 Å². The second-order valence-corrected chi connectivity index (χ2v) is 5.77. The van der Waals surface area contributed by atoms with Gasteiger partial charge in [0.15, 0.2) is 6.19 Å². The monoisotopic (exact) mass is 306 g/mol. The minimum absolute atomic E-state index is 0.504. The van der Waals surface area contributed by atoms with Gasteiger partial charge in [-0.15, -0.1) is 0 Å². The summed E-state index contributed by atoms with van der Waals surface area (Å²) in [6.45, 7) is 1.59. The fraction of sp³-hybridized carbons (Fsp3) is 0.500. The standard InChI is InChI=1S/C14H22N6S/c1-16-14(19-11-15)18-6-7-21-10-13-8-12(4-5-17-13)9-20(2)3/h4-5,8H,6-7,9-10H2,1-3H3,(H2,16,18,19). The van der Waals surface area contributed by atoms with Gasteiger partial charge in [-0.2, -0.15) is 17.0 Å². The topological polar surface area (TPSA) is 76.3 Å². The second-order valence-electron chi connectivity index (χ2n) is 4.66. The maximum Gasteiger partial charge on any atom is 0.204 e. The van der Waals surface area contributed by atoms with Gasteiger partial charge >= 0.3 is 0 Å². The van der Waals surface area contributed by atoms with E-state index in [0.29, 0.717) is 12.5 Å². The van der Waals surface area contributed by atoms with Gasteiger partial charge in [0.05, 0.1) is 12.2 Å². The highest BCUT2D eigenvalue weighted by molar-refractivity contribution is 7.98. The molecule has 0 aromatic carbocycles. The van der Waals surface area contributed by atoms with E-state index in [1.807, 2.05) is 18.5 Å². The van der Waals surface area contributed by atoms with Crippen molar-refractivity contribution in [3.8, 4) is 6.19 Å². The Labute approximate surface area is 130 Å². The van der Waals surface area contributed by atoms with Crippen molar-refractivity contribution in [2.45, 2.75) is 12.3 Å². The lowest BCUT2D eigenvalue weighted by Crippen LogP contribution is -2.31. The van der Waals surface area contributed by atoms with Crippen molar-refractivity contribution >= 4 is 17.7 Å². The number of thioether (sulfide) groups is 1. The zero-order chi connectivity index (χ0) is 15.5. The van der Waals surface area contributed by atoms with E-state index in [9.17, 15) is 0 Å². The number of aromatic nitrogens is 1. The summed E-state index contributed by atoms with van der Waals surface area (Å²) in [4.78, 5) is 10.8. The van der Waals surface area contributed by atoms with E-state index in [2.05, 4.69) is 45.7 Å². The van der Waals surface area contributed by atoms with Crippen LogP contribution in [0.3, 0.4) is 0 Å². The third kappa shape index (κ3) is 7.54. The van der Waals surface area contributed by atoms with Crippen molar-refractivity contribution in [2.24, 2.45) is 4.99 Å². The van der Waals surface area contributed by atoms with E-state index in [-0.39, 0.29) is 0 Å². The van der Waals surface area contributed by atoms with Crippen molar-refractivity contribution < 1.29 is 0 Å². The molecular formula is C14H22N6S. The molecule has 0 spiro atoms. The molecule has 0 aliphatic rings. The first kappa shape index (κ1) is 17.3. The van der Waals surface area contributed by atoms with Crippen LogP contribution in [-0.2, 0) is 12.3 Å². The maximum absolute atomic E-state index is 8.51. The van der Waals surface area contributed by atoms with Gasteiger partial charge in [-0.1, -0.05) is 0 Å². The van der Waals surface area contributed by atoms with Gasteiger partial charge in [-0.05, 0) is 31.8 Å². The summed E-state index contributed by atoms with van der Waals surface area (Å²) in [6, 6.07) is 4.19. The third-order valence-electron chi connectivity index (χ3n) is 2.55. The summed E-state index contributed by atoms with van der Waals surface area (Å²) in [5, 5.41) is 13.8. The zero-order valence-electron chi connectivity index (χ0n) is 12.8. The van der Waals surface area contributed by atoms with Crippen molar-refractivity contribution in [3.63, 3.8) is 0 Å². The molecule has 1 aromatic rings. The third-order valence-corrected chi connectivity index (χ3v) is 3.52. The lowest BCUT2D eigenvalue weighted by atomic mass is 10.2. The number of pyridine rings is 1. The minimum atomic E-state index is 0.504. The molecule has 7 heteroatoms. The molecule has 0 amide bonds. The van der Waals surface area contributed by atoms with Crippen LogP contribution >= 0.6 is 11.8 Å². The van der Waals surface area contributed by atoms with Crippen LogP contribution in [0.25, 0.3) is 0 Å². The first-order valence-corrected chi connectivity index (χ1v) is 7.84. The Bertz CT molecular complexity index is 494. The summed E-state index contributed by atoms with van der Waals surface area (Å²) in [5.74, 6) is 2.26.